The van der Waals surface area contributed by atoms with Crippen molar-refractivity contribution in [2.75, 3.05) is 11.9 Å². The second kappa shape index (κ2) is 6.02. The molecule has 1 aromatic heterocycles. The maximum Gasteiger partial charge on any atom is 0.375 e. The van der Waals surface area contributed by atoms with Crippen LogP contribution in [0.2, 0.25) is 0 Å². The highest BCUT2D eigenvalue weighted by molar-refractivity contribution is 5.70. The van der Waals surface area contributed by atoms with Crippen LogP contribution in [0.25, 0.3) is 17.2 Å². The maximum atomic E-state index is 13.4. The number of aromatic nitrogens is 1. The van der Waals surface area contributed by atoms with Gasteiger partial charge in [0.05, 0.1) is 6.08 Å². The van der Waals surface area contributed by atoms with Crippen molar-refractivity contribution in [3.05, 3.63) is 66.4 Å². The average Bonchev–Trinajstić information content (AvgIpc) is 2.90. The van der Waals surface area contributed by atoms with Crippen LogP contribution in [-0.4, -0.2) is 7.05 Å². The summed E-state index contributed by atoms with van der Waals surface area (Å²) in [6, 6.07) is 14.6. The van der Waals surface area contributed by atoms with E-state index in [-0.39, 0.29) is 5.82 Å². The topological polar surface area (TPSA) is 20.3 Å². The molecule has 0 atom stereocenters. The van der Waals surface area contributed by atoms with Gasteiger partial charge in [-0.15, -0.1) is 0 Å². The van der Waals surface area contributed by atoms with Crippen molar-refractivity contribution in [3.8, 4) is 0 Å². The van der Waals surface area contributed by atoms with Crippen molar-refractivity contribution in [1.82, 2.24) is 0 Å². The number of hydrogen-bond donors (Lipinski definition) is 0. The zero-order valence-corrected chi connectivity index (χ0v) is 12.7. The van der Waals surface area contributed by atoms with Crippen LogP contribution in [0.15, 0.2) is 59.1 Å². The number of anilines is 1. The summed E-state index contributed by atoms with van der Waals surface area (Å²) in [7, 11) is 1.98. The normalized spacial score (nSPS) is 11.4. The summed E-state index contributed by atoms with van der Waals surface area (Å²) < 4.78 is 21.2. The van der Waals surface area contributed by atoms with Crippen molar-refractivity contribution in [2.24, 2.45) is 0 Å². The molecule has 0 N–H and O–H groups in total. The summed E-state index contributed by atoms with van der Waals surface area (Å²) >= 11 is 0. The summed E-state index contributed by atoms with van der Waals surface area (Å²) in [6.07, 6.45) is 3.84. The molecule has 0 spiro atoms. The molecule has 0 radical (unpaired) electrons. The number of halogens is 1. The lowest BCUT2D eigenvalue weighted by Crippen LogP contribution is -2.33. The highest BCUT2D eigenvalue weighted by Crippen LogP contribution is 2.17. The van der Waals surface area contributed by atoms with Crippen LogP contribution in [0.1, 0.15) is 12.8 Å². The molecular weight excluding hydrogens is 279 g/mol. The molecule has 0 aliphatic rings. The molecule has 0 fully saturated rings. The van der Waals surface area contributed by atoms with Gasteiger partial charge in [0, 0.05) is 25.0 Å². The minimum Gasteiger partial charge on any atom is -0.398 e. The fourth-order valence-corrected chi connectivity index (χ4v) is 2.45. The second-order valence-corrected chi connectivity index (χ2v) is 5.06. The third kappa shape index (κ3) is 2.72. The van der Waals surface area contributed by atoms with E-state index in [0.29, 0.717) is 18.0 Å². The second-order valence-electron chi connectivity index (χ2n) is 5.06. The maximum absolute atomic E-state index is 13.4. The third-order valence-electron chi connectivity index (χ3n) is 3.61. The average molecular weight is 297 g/mol. The molecule has 3 aromatic rings. The highest BCUT2D eigenvalue weighted by atomic mass is 19.1. The van der Waals surface area contributed by atoms with Gasteiger partial charge in [-0.1, -0.05) is 18.2 Å². The van der Waals surface area contributed by atoms with E-state index in [0.717, 1.165) is 11.2 Å². The fourth-order valence-electron chi connectivity index (χ4n) is 2.45. The first-order chi connectivity index (χ1) is 10.7. The van der Waals surface area contributed by atoms with E-state index < -0.39 is 0 Å². The van der Waals surface area contributed by atoms with Gasteiger partial charge < -0.3 is 9.32 Å². The number of benzene rings is 2. The number of rotatable bonds is 4. The molecule has 112 valence electrons. The minimum atomic E-state index is -0.257. The first-order valence-electron chi connectivity index (χ1n) is 7.27. The van der Waals surface area contributed by atoms with Crippen molar-refractivity contribution in [2.45, 2.75) is 13.5 Å². The Morgan fingerprint density at radius 3 is 2.68 bits per heavy atom. The molecule has 0 aliphatic heterocycles. The molecule has 0 saturated carbocycles. The van der Waals surface area contributed by atoms with Crippen molar-refractivity contribution in [3.63, 3.8) is 0 Å². The molecule has 4 heteroatoms. The van der Waals surface area contributed by atoms with Crippen LogP contribution >= 0.6 is 0 Å². The summed E-state index contributed by atoms with van der Waals surface area (Å²) in [5.41, 5.74) is 2.54. The van der Waals surface area contributed by atoms with E-state index in [9.17, 15) is 4.39 Å². The summed E-state index contributed by atoms with van der Waals surface area (Å²) in [6.45, 7) is 2.73. The van der Waals surface area contributed by atoms with Crippen LogP contribution in [0.3, 0.4) is 0 Å². The van der Waals surface area contributed by atoms with Gasteiger partial charge in [-0.2, -0.15) is 4.57 Å². The quantitative estimate of drug-likeness (QED) is 0.679. The minimum absolute atomic E-state index is 0.257. The SMILES string of the molecule is CC[n+]1c(C=CN(C)c2ccccc2)oc2ccc(F)cc21. The van der Waals surface area contributed by atoms with Crippen LogP contribution < -0.4 is 9.47 Å². The van der Waals surface area contributed by atoms with Crippen molar-refractivity contribution < 1.29 is 13.4 Å². The highest BCUT2D eigenvalue weighted by Gasteiger charge is 2.19. The molecule has 3 rings (SSSR count). The molecule has 1 heterocycles. The lowest BCUT2D eigenvalue weighted by molar-refractivity contribution is -0.674. The number of nitrogens with zero attached hydrogens (tertiary/aromatic N) is 2. The molecule has 2 aromatic carbocycles. The Bertz CT molecular complexity index is 809. The van der Waals surface area contributed by atoms with Crippen LogP contribution in [0, 0.1) is 5.82 Å². The predicted molar refractivity (Wildman–Crippen MR) is 85.9 cm³/mol. The van der Waals surface area contributed by atoms with Gasteiger partial charge in [-0.3, -0.25) is 0 Å². The lowest BCUT2D eigenvalue weighted by Gasteiger charge is -2.12. The Morgan fingerprint density at radius 2 is 1.95 bits per heavy atom. The van der Waals surface area contributed by atoms with Crippen molar-refractivity contribution in [1.29, 1.82) is 0 Å². The van der Waals surface area contributed by atoms with Gasteiger partial charge in [0.1, 0.15) is 12.4 Å². The van der Waals surface area contributed by atoms with E-state index in [1.165, 1.54) is 12.1 Å². The van der Waals surface area contributed by atoms with Crippen LogP contribution in [-0.2, 0) is 6.54 Å². The monoisotopic (exact) mass is 297 g/mol. The Kier molecular flexibility index (Phi) is 3.92. The Labute approximate surface area is 128 Å². The number of para-hydroxylation sites is 1. The van der Waals surface area contributed by atoms with Gasteiger partial charge in [0.15, 0.2) is 0 Å². The summed E-state index contributed by atoms with van der Waals surface area (Å²) in [5, 5.41) is 0. The zero-order valence-electron chi connectivity index (χ0n) is 12.7. The van der Waals surface area contributed by atoms with E-state index in [1.54, 1.807) is 6.07 Å². The van der Waals surface area contributed by atoms with Gasteiger partial charge in [0.25, 0.3) is 5.52 Å². The number of hydrogen-bond acceptors (Lipinski definition) is 2. The molecule has 0 saturated heterocycles. The fraction of sp³-hybridized carbons (Fsp3) is 0.167. The van der Waals surface area contributed by atoms with Crippen LogP contribution in [0.4, 0.5) is 10.1 Å². The first-order valence-corrected chi connectivity index (χ1v) is 7.27. The van der Waals surface area contributed by atoms with E-state index >= 15 is 0 Å². The molecule has 0 aliphatic carbocycles. The van der Waals surface area contributed by atoms with Gasteiger partial charge >= 0.3 is 5.89 Å². The molecule has 0 bridgehead atoms. The molecule has 22 heavy (non-hydrogen) atoms. The van der Waals surface area contributed by atoms with Gasteiger partial charge in [0.2, 0.25) is 5.58 Å². The van der Waals surface area contributed by atoms with Crippen LogP contribution in [0.5, 0.6) is 0 Å². The Hall–Kier alpha value is -2.62. The number of fused-ring (bicyclic) bond motifs is 1. The molecule has 3 nitrogen and oxygen atoms in total. The zero-order chi connectivity index (χ0) is 15.5. The number of aryl methyl sites for hydroxylation is 1. The first kappa shape index (κ1) is 14.3. The number of oxazole rings is 1. The lowest BCUT2D eigenvalue weighted by atomic mass is 10.3. The standard InChI is InChI=1S/C18H18FN2O/c1-3-21-16-13-14(19)9-10-17(16)22-18(21)11-12-20(2)15-7-5-4-6-8-15/h4-13H,3H2,1-2H3/q+1. The Morgan fingerprint density at radius 1 is 1.18 bits per heavy atom. The van der Waals surface area contributed by atoms with Crippen molar-refractivity contribution >= 4 is 22.9 Å². The third-order valence-corrected chi connectivity index (χ3v) is 3.61. The van der Waals surface area contributed by atoms with E-state index in [4.69, 9.17) is 4.42 Å². The Balaban J connectivity index is 1.95. The molecular formula is C18H18FN2O+. The summed E-state index contributed by atoms with van der Waals surface area (Å²) in [5.74, 6) is 0.443. The van der Waals surface area contributed by atoms with E-state index in [1.807, 2.05) is 66.0 Å². The predicted octanol–water partition coefficient (Wildman–Crippen LogP) is 3.99. The van der Waals surface area contributed by atoms with E-state index in [2.05, 4.69) is 0 Å². The van der Waals surface area contributed by atoms with Gasteiger partial charge in [-0.05, 0) is 31.2 Å². The smallest absolute Gasteiger partial charge is 0.375 e. The molecule has 0 amide bonds. The van der Waals surface area contributed by atoms with Gasteiger partial charge in [-0.25, -0.2) is 4.39 Å². The summed E-state index contributed by atoms with van der Waals surface area (Å²) in [4.78, 5) is 2.01. The largest absolute Gasteiger partial charge is 0.398 e. The molecule has 0 unspecified atom stereocenters.